The summed E-state index contributed by atoms with van der Waals surface area (Å²) in [6.45, 7) is 8.46. The Kier molecular flexibility index (Phi) is 8.18. The zero-order valence-corrected chi connectivity index (χ0v) is 18.4. The number of aryl methyl sites for hydroxylation is 3. The number of nitrogens with one attached hydrogen (secondary N) is 2. The molecule has 162 valence electrons. The van der Waals surface area contributed by atoms with Gasteiger partial charge in [-0.3, -0.25) is 9.59 Å². The summed E-state index contributed by atoms with van der Waals surface area (Å²) in [5.41, 5.74) is 2.34. The van der Waals surface area contributed by atoms with E-state index in [4.69, 9.17) is 4.74 Å². The van der Waals surface area contributed by atoms with Gasteiger partial charge in [0.15, 0.2) is 0 Å². The van der Waals surface area contributed by atoms with Crippen LogP contribution in [0.15, 0.2) is 17.0 Å². The molecule has 0 spiro atoms. The van der Waals surface area contributed by atoms with E-state index in [1.807, 2.05) is 26.0 Å². The minimum absolute atomic E-state index is 0.0940. The normalized spacial score (nSPS) is 17.7. The molecule has 1 saturated heterocycles. The number of hydrogen-bond donors (Lipinski definition) is 2. The molecule has 2 rings (SSSR count). The SMILES string of the molecule is CCCCNC(=O)C(=O)NC[C@H]1OCCCN1S(=O)(=O)c1c(C)cc(C)cc1C. The van der Waals surface area contributed by atoms with E-state index in [2.05, 4.69) is 10.6 Å². The van der Waals surface area contributed by atoms with Gasteiger partial charge in [-0.15, -0.1) is 0 Å². The molecule has 29 heavy (non-hydrogen) atoms. The molecule has 2 amide bonds. The molecule has 0 saturated carbocycles. The maximum absolute atomic E-state index is 13.4. The lowest BCUT2D eigenvalue weighted by molar-refractivity contribution is -0.140. The summed E-state index contributed by atoms with van der Waals surface area (Å²) >= 11 is 0. The van der Waals surface area contributed by atoms with Gasteiger partial charge in [0, 0.05) is 13.1 Å². The molecular weight excluding hydrogens is 394 g/mol. The molecule has 0 radical (unpaired) electrons. The number of hydrogen-bond acceptors (Lipinski definition) is 5. The second kappa shape index (κ2) is 10.2. The van der Waals surface area contributed by atoms with Crippen molar-refractivity contribution in [3.05, 3.63) is 28.8 Å². The van der Waals surface area contributed by atoms with Crippen molar-refractivity contribution in [3.63, 3.8) is 0 Å². The first-order valence-electron chi connectivity index (χ1n) is 9.95. The third-order valence-electron chi connectivity index (χ3n) is 4.78. The van der Waals surface area contributed by atoms with Gasteiger partial charge in [-0.05, 0) is 44.7 Å². The van der Waals surface area contributed by atoms with Crippen molar-refractivity contribution in [1.29, 1.82) is 0 Å². The van der Waals surface area contributed by atoms with E-state index in [9.17, 15) is 18.0 Å². The Hall–Kier alpha value is -1.97. The van der Waals surface area contributed by atoms with Crippen molar-refractivity contribution >= 4 is 21.8 Å². The number of carbonyl (C=O) groups excluding carboxylic acids is 2. The van der Waals surface area contributed by atoms with Gasteiger partial charge in [-0.25, -0.2) is 8.42 Å². The Balaban J connectivity index is 2.13. The number of carbonyl (C=O) groups is 2. The number of benzene rings is 1. The van der Waals surface area contributed by atoms with Crippen LogP contribution in [-0.4, -0.2) is 57.0 Å². The molecule has 2 N–H and O–H groups in total. The molecule has 1 aromatic rings. The first kappa shape index (κ1) is 23.3. The van der Waals surface area contributed by atoms with Crippen LogP contribution in [0.4, 0.5) is 0 Å². The van der Waals surface area contributed by atoms with Crippen LogP contribution in [0.5, 0.6) is 0 Å². The van der Waals surface area contributed by atoms with E-state index in [0.29, 0.717) is 37.2 Å². The summed E-state index contributed by atoms with van der Waals surface area (Å²) in [4.78, 5) is 24.1. The lowest BCUT2D eigenvalue weighted by Gasteiger charge is -2.35. The minimum Gasteiger partial charge on any atom is -0.360 e. The fraction of sp³-hybridized carbons (Fsp3) is 0.600. The van der Waals surface area contributed by atoms with E-state index < -0.39 is 28.1 Å². The highest BCUT2D eigenvalue weighted by molar-refractivity contribution is 7.89. The number of amides is 2. The molecule has 1 aromatic carbocycles. The van der Waals surface area contributed by atoms with Crippen LogP contribution in [0.2, 0.25) is 0 Å². The van der Waals surface area contributed by atoms with Crippen LogP contribution < -0.4 is 10.6 Å². The lowest BCUT2D eigenvalue weighted by atomic mass is 10.1. The Morgan fingerprint density at radius 1 is 1.14 bits per heavy atom. The average Bonchev–Trinajstić information content (AvgIpc) is 2.65. The predicted molar refractivity (Wildman–Crippen MR) is 110 cm³/mol. The summed E-state index contributed by atoms with van der Waals surface area (Å²) in [6, 6.07) is 3.67. The number of sulfonamides is 1. The van der Waals surface area contributed by atoms with Crippen molar-refractivity contribution in [2.45, 2.75) is 58.1 Å². The first-order chi connectivity index (χ1) is 13.7. The summed E-state index contributed by atoms with van der Waals surface area (Å²) in [6.07, 6.45) is 1.39. The fourth-order valence-corrected chi connectivity index (χ4v) is 5.49. The highest BCUT2D eigenvalue weighted by Crippen LogP contribution is 2.28. The molecule has 0 aromatic heterocycles. The molecule has 1 aliphatic rings. The lowest BCUT2D eigenvalue weighted by Crippen LogP contribution is -2.53. The molecule has 0 bridgehead atoms. The molecule has 1 atom stereocenters. The number of nitrogens with zero attached hydrogens (tertiary/aromatic N) is 1. The zero-order valence-electron chi connectivity index (χ0n) is 17.6. The van der Waals surface area contributed by atoms with Crippen LogP contribution >= 0.6 is 0 Å². The Bertz CT molecular complexity index is 831. The topological polar surface area (TPSA) is 105 Å². The van der Waals surface area contributed by atoms with E-state index in [1.165, 1.54) is 4.31 Å². The van der Waals surface area contributed by atoms with Crippen LogP contribution in [0.25, 0.3) is 0 Å². The summed E-state index contributed by atoms with van der Waals surface area (Å²) in [5.74, 6) is -1.52. The average molecular weight is 426 g/mol. The van der Waals surface area contributed by atoms with Crippen molar-refractivity contribution in [3.8, 4) is 0 Å². The van der Waals surface area contributed by atoms with E-state index in [-0.39, 0.29) is 11.4 Å². The quantitative estimate of drug-likeness (QED) is 0.507. The van der Waals surface area contributed by atoms with E-state index in [1.54, 1.807) is 13.8 Å². The third kappa shape index (κ3) is 5.77. The third-order valence-corrected chi connectivity index (χ3v) is 6.98. The molecule has 0 aliphatic carbocycles. The van der Waals surface area contributed by atoms with Crippen LogP contribution in [-0.2, 0) is 24.3 Å². The van der Waals surface area contributed by atoms with Gasteiger partial charge in [0.25, 0.3) is 0 Å². The van der Waals surface area contributed by atoms with Crippen molar-refractivity contribution in [2.75, 3.05) is 26.2 Å². The number of rotatable bonds is 7. The van der Waals surface area contributed by atoms with Gasteiger partial charge >= 0.3 is 11.8 Å². The summed E-state index contributed by atoms with van der Waals surface area (Å²) in [5, 5.41) is 5.02. The second-order valence-corrected chi connectivity index (χ2v) is 9.17. The highest BCUT2D eigenvalue weighted by atomic mass is 32.2. The van der Waals surface area contributed by atoms with Crippen molar-refractivity contribution < 1.29 is 22.7 Å². The van der Waals surface area contributed by atoms with Crippen LogP contribution in [0.3, 0.4) is 0 Å². The predicted octanol–water partition coefficient (Wildman–Crippen LogP) is 1.38. The highest BCUT2D eigenvalue weighted by Gasteiger charge is 2.36. The van der Waals surface area contributed by atoms with Gasteiger partial charge < -0.3 is 15.4 Å². The smallest absolute Gasteiger partial charge is 0.309 e. The number of unbranched alkanes of at least 4 members (excludes halogenated alkanes) is 1. The molecule has 1 fully saturated rings. The van der Waals surface area contributed by atoms with E-state index >= 15 is 0 Å². The fourth-order valence-electron chi connectivity index (χ4n) is 3.51. The molecule has 9 heteroatoms. The maximum atomic E-state index is 13.4. The second-order valence-electron chi connectivity index (χ2n) is 7.34. The van der Waals surface area contributed by atoms with Crippen LogP contribution in [0, 0.1) is 20.8 Å². The molecule has 0 unspecified atom stereocenters. The summed E-state index contributed by atoms with van der Waals surface area (Å²) in [7, 11) is -3.82. The van der Waals surface area contributed by atoms with Gasteiger partial charge in [-0.1, -0.05) is 31.0 Å². The van der Waals surface area contributed by atoms with Gasteiger partial charge in [-0.2, -0.15) is 4.31 Å². The van der Waals surface area contributed by atoms with Gasteiger partial charge in [0.05, 0.1) is 18.0 Å². The molecule has 1 heterocycles. The molecular formula is C20H31N3O5S. The van der Waals surface area contributed by atoms with Crippen molar-refractivity contribution in [1.82, 2.24) is 14.9 Å². The van der Waals surface area contributed by atoms with Gasteiger partial charge in [0.1, 0.15) is 6.23 Å². The Labute approximate surface area is 173 Å². The van der Waals surface area contributed by atoms with Crippen molar-refractivity contribution in [2.24, 2.45) is 0 Å². The zero-order chi connectivity index (χ0) is 21.6. The summed E-state index contributed by atoms with van der Waals surface area (Å²) < 4.78 is 33.6. The van der Waals surface area contributed by atoms with Crippen LogP contribution in [0.1, 0.15) is 42.9 Å². The van der Waals surface area contributed by atoms with Gasteiger partial charge in [0.2, 0.25) is 10.0 Å². The van der Waals surface area contributed by atoms with E-state index in [0.717, 1.165) is 18.4 Å². The first-order valence-corrected chi connectivity index (χ1v) is 11.4. The number of ether oxygens (including phenoxy) is 1. The molecule has 8 nitrogen and oxygen atoms in total. The Morgan fingerprint density at radius 3 is 2.38 bits per heavy atom. The largest absolute Gasteiger partial charge is 0.360 e. The molecule has 1 aliphatic heterocycles. The standard InChI is InChI=1S/C20H31N3O5S/c1-5-6-8-21-19(24)20(25)22-13-17-23(9-7-10-28-17)29(26,27)18-15(3)11-14(2)12-16(18)4/h11-12,17H,5-10,13H2,1-4H3,(H,21,24)(H,22,25)/t17-/m1/s1. The maximum Gasteiger partial charge on any atom is 0.309 e. The monoisotopic (exact) mass is 425 g/mol. The Morgan fingerprint density at radius 2 is 1.76 bits per heavy atom. The minimum atomic E-state index is -3.82.